The number of hydrogen-bond donors (Lipinski definition) is 3. The van der Waals surface area contributed by atoms with E-state index in [0.717, 1.165) is 30.2 Å². The van der Waals surface area contributed by atoms with Gasteiger partial charge in [0.05, 0.1) is 36.5 Å². The topological polar surface area (TPSA) is 129 Å². The Morgan fingerprint density at radius 1 is 1.20 bits per heavy atom. The lowest BCUT2D eigenvalue weighted by atomic mass is 10.1. The van der Waals surface area contributed by atoms with Crippen LogP contribution in [0.5, 0.6) is 0 Å². The van der Waals surface area contributed by atoms with E-state index >= 15 is 0 Å². The number of rotatable bonds is 7. The normalized spacial score (nSPS) is 15.1. The summed E-state index contributed by atoms with van der Waals surface area (Å²) in [5.74, 6) is -2.54. The van der Waals surface area contributed by atoms with E-state index in [1.54, 1.807) is 21.8 Å². The summed E-state index contributed by atoms with van der Waals surface area (Å²) in [4.78, 5) is 37.9. The molecule has 1 aromatic heterocycles. The number of aromatic carboxylic acids is 1. The van der Waals surface area contributed by atoms with Crippen molar-refractivity contribution in [2.24, 2.45) is 0 Å². The number of carboxylic acids is 1. The Morgan fingerprint density at radius 2 is 2.03 bits per heavy atom. The van der Waals surface area contributed by atoms with Crippen LogP contribution in [0.1, 0.15) is 44.8 Å². The number of carbonyl (C=O) groups excluding carboxylic acids is 2. The number of nitrogens with one attached hydrogen (secondary N) is 2. The molecule has 0 saturated carbocycles. The highest BCUT2D eigenvalue weighted by molar-refractivity contribution is 5.98. The molecule has 0 bridgehead atoms. The molecule has 0 aliphatic carbocycles. The van der Waals surface area contributed by atoms with Crippen molar-refractivity contribution in [3.8, 4) is 0 Å². The third kappa shape index (κ3) is 5.81. The molecule has 1 fully saturated rings. The van der Waals surface area contributed by atoms with Gasteiger partial charge in [0.1, 0.15) is 11.5 Å². The van der Waals surface area contributed by atoms with Gasteiger partial charge in [0.2, 0.25) is 0 Å². The number of carboxylic acid groups (broad SMARTS) is 1. The lowest BCUT2D eigenvalue weighted by molar-refractivity contribution is 0.0696. The predicted molar refractivity (Wildman–Crippen MR) is 124 cm³/mol. The summed E-state index contributed by atoms with van der Waals surface area (Å²) in [6.45, 7) is 2.87. The van der Waals surface area contributed by atoms with Gasteiger partial charge in [0, 0.05) is 12.2 Å². The Kier molecular flexibility index (Phi) is 7.04. The van der Waals surface area contributed by atoms with E-state index in [1.807, 2.05) is 25.1 Å². The van der Waals surface area contributed by atoms with E-state index in [9.17, 15) is 18.8 Å². The number of benzene rings is 2. The minimum atomic E-state index is -1.23. The standard InChI is InChI=1S/C24H25FN6O4/c1-15-4-2-5-17(10-15)27-24(35)26-12-18-13-30(29-28-18)14-19-6-3-9-31(19)22(32)20-11-16(23(33)34)7-8-21(20)25/h2,4-5,7-8,10-11,13,19H,3,6,9,12,14H2,1H3,(H,33,34)(H2,26,27,35). The molecule has 1 atom stereocenters. The summed E-state index contributed by atoms with van der Waals surface area (Å²) in [5.41, 5.74) is 1.84. The van der Waals surface area contributed by atoms with Crippen LogP contribution in [0.3, 0.4) is 0 Å². The zero-order valence-corrected chi connectivity index (χ0v) is 19.1. The van der Waals surface area contributed by atoms with Gasteiger partial charge in [-0.05, 0) is 55.7 Å². The predicted octanol–water partition coefficient (Wildman–Crippen LogP) is 3.05. The Balaban J connectivity index is 1.35. The van der Waals surface area contributed by atoms with E-state index in [4.69, 9.17) is 5.11 Å². The highest BCUT2D eigenvalue weighted by Crippen LogP contribution is 2.23. The molecule has 2 heterocycles. The van der Waals surface area contributed by atoms with E-state index in [1.165, 1.54) is 0 Å². The van der Waals surface area contributed by atoms with Crippen molar-refractivity contribution in [1.29, 1.82) is 0 Å². The second-order valence-electron chi connectivity index (χ2n) is 8.40. The molecule has 35 heavy (non-hydrogen) atoms. The Bertz CT molecular complexity index is 1260. The van der Waals surface area contributed by atoms with Crippen molar-refractivity contribution in [2.75, 3.05) is 11.9 Å². The van der Waals surface area contributed by atoms with Crippen molar-refractivity contribution < 1.29 is 23.9 Å². The van der Waals surface area contributed by atoms with Crippen LogP contribution >= 0.6 is 0 Å². The van der Waals surface area contributed by atoms with Gasteiger partial charge in [0.25, 0.3) is 5.91 Å². The summed E-state index contributed by atoms with van der Waals surface area (Å²) in [5, 5.41) is 22.8. The van der Waals surface area contributed by atoms with Crippen LogP contribution in [0.15, 0.2) is 48.7 Å². The number of hydrogen-bond acceptors (Lipinski definition) is 5. The molecule has 0 spiro atoms. The number of anilines is 1. The fraction of sp³-hybridized carbons (Fsp3) is 0.292. The molecule has 3 N–H and O–H groups in total. The van der Waals surface area contributed by atoms with Gasteiger partial charge in [-0.3, -0.25) is 9.48 Å². The minimum Gasteiger partial charge on any atom is -0.478 e. The first-order chi connectivity index (χ1) is 16.8. The van der Waals surface area contributed by atoms with Crippen LogP contribution in [-0.2, 0) is 13.1 Å². The quantitative estimate of drug-likeness (QED) is 0.477. The minimum absolute atomic E-state index is 0.148. The first-order valence-electron chi connectivity index (χ1n) is 11.1. The van der Waals surface area contributed by atoms with E-state index < -0.39 is 17.7 Å². The van der Waals surface area contributed by atoms with Gasteiger partial charge in [-0.15, -0.1) is 5.10 Å². The van der Waals surface area contributed by atoms with Crippen LogP contribution in [0.25, 0.3) is 0 Å². The molecule has 2 aromatic carbocycles. The first-order valence-corrected chi connectivity index (χ1v) is 11.1. The largest absolute Gasteiger partial charge is 0.478 e. The van der Waals surface area contributed by atoms with E-state index in [0.29, 0.717) is 30.9 Å². The van der Waals surface area contributed by atoms with Crippen molar-refractivity contribution in [1.82, 2.24) is 25.2 Å². The molecule has 1 saturated heterocycles. The fourth-order valence-corrected chi connectivity index (χ4v) is 4.06. The maximum Gasteiger partial charge on any atom is 0.335 e. The average molecular weight is 481 g/mol. The van der Waals surface area contributed by atoms with Gasteiger partial charge in [-0.2, -0.15) is 0 Å². The van der Waals surface area contributed by atoms with Crippen LogP contribution in [-0.4, -0.2) is 55.5 Å². The van der Waals surface area contributed by atoms with Crippen molar-refractivity contribution in [3.63, 3.8) is 0 Å². The smallest absolute Gasteiger partial charge is 0.335 e. The SMILES string of the molecule is Cc1cccc(NC(=O)NCc2cn(CC3CCCN3C(=O)c3cc(C(=O)O)ccc3F)nn2)c1. The zero-order chi connectivity index (χ0) is 24.9. The number of nitrogens with zero attached hydrogens (tertiary/aromatic N) is 4. The molecule has 3 amide bonds. The highest BCUT2D eigenvalue weighted by atomic mass is 19.1. The maximum absolute atomic E-state index is 14.3. The summed E-state index contributed by atoms with van der Waals surface area (Å²) in [7, 11) is 0. The molecule has 10 nitrogen and oxygen atoms in total. The summed E-state index contributed by atoms with van der Waals surface area (Å²) in [6.07, 6.45) is 3.11. The Labute approximate surface area is 200 Å². The molecule has 4 rings (SSSR count). The molecular weight excluding hydrogens is 455 g/mol. The van der Waals surface area contributed by atoms with Gasteiger partial charge in [-0.25, -0.2) is 14.0 Å². The van der Waals surface area contributed by atoms with Crippen molar-refractivity contribution >= 4 is 23.6 Å². The number of aryl methyl sites for hydroxylation is 1. The molecule has 3 aromatic rings. The molecule has 1 aliphatic heterocycles. The fourth-order valence-electron chi connectivity index (χ4n) is 4.06. The third-order valence-electron chi connectivity index (χ3n) is 5.77. The van der Waals surface area contributed by atoms with Crippen LogP contribution in [0.4, 0.5) is 14.9 Å². The molecule has 182 valence electrons. The second-order valence-corrected chi connectivity index (χ2v) is 8.40. The summed E-state index contributed by atoms with van der Waals surface area (Å²) < 4.78 is 15.9. The van der Waals surface area contributed by atoms with Crippen LogP contribution in [0, 0.1) is 12.7 Å². The number of halogens is 1. The van der Waals surface area contributed by atoms with Crippen molar-refractivity contribution in [2.45, 2.75) is 38.9 Å². The second kappa shape index (κ2) is 10.3. The number of amides is 3. The maximum atomic E-state index is 14.3. The number of urea groups is 1. The third-order valence-corrected chi connectivity index (χ3v) is 5.77. The monoisotopic (exact) mass is 480 g/mol. The summed E-state index contributed by atoms with van der Waals surface area (Å²) in [6, 6.07) is 10.0. The zero-order valence-electron chi connectivity index (χ0n) is 19.1. The Morgan fingerprint density at radius 3 is 2.80 bits per heavy atom. The molecule has 0 radical (unpaired) electrons. The molecule has 11 heteroatoms. The van der Waals surface area contributed by atoms with Crippen LogP contribution < -0.4 is 10.6 Å². The number of likely N-dealkylation sites (tertiary alicyclic amines) is 1. The van der Waals surface area contributed by atoms with Gasteiger partial charge in [0.15, 0.2) is 0 Å². The van der Waals surface area contributed by atoms with E-state index in [2.05, 4.69) is 20.9 Å². The lowest BCUT2D eigenvalue weighted by Crippen LogP contribution is -2.38. The van der Waals surface area contributed by atoms with Gasteiger partial charge in [-0.1, -0.05) is 17.3 Å². The molecule has 1 aliphatic rings. The first kappa shape index (κ1) is 23.9. The highest BCUT2D eigenvalue weighted by Gasteiger charge is 2.31. The summed E-state index contributed by atoms with van der Waals surface area (Å²) >= 11 is 0. The molecule has 1 unspecified atom stereocenters. The number of aromatic nitrogens is 3. The lowest BCUT2D eigenvalue weighted by Gasteiger charge is -2.25. The van der Waals surface area contributed by atoms with Gasteiger partial charge >= 0.3 is 12.0 Å². The van der Waals surface area contributed by atoms with Gasteiger partial charge < -0.3 is 20.6 Å². The molecular formula is C24H25FN6O4. The average Bonchev–Trinajstić information content (AvgIpc) is 3.47. The number of carbonyl (C=O) groups is 3. The van der Waals surface area contributed by atoms with Crippen molar-refractivity contribution in [3.05, 3.63) is 76.9 Å². The van der Waals surface area contributed by atoms with Crippen LogP contribution in [0.2, 0.25) is 0 Å². The van der Waals surface area contributed by atoms with E-state index in [-0.39, 0.29) is 29.7 Å². The Hall–Kier alpha value is -4.28.